The summed E-state index contributed by atoms with van der Waals surface area (Å²) in [6.07, 6.45) is -2.82. The molecule has 0 atom stereocenters. The van der Waals surface area contributed by atoms with Gasteiger partial charge in [-0.3, -0.25) is 9.10 Å². The summed E-state index contributed by atoms with van der Waals surface area (Å²) in [7, 11) is -3.84. The Morgan fingerprint density at radius 3 is 2.48 bits per heavy atom. The monoisotopic (exact) mass is 447 g/mol. The van der Waals surface area contributed by atoms with Crippen molar-refractivity contribution in [3.8, 4) is 0 Å². The van der Waals surface area contributed by atoms with Gasteiger partial charge in [-0.1, -0.05) is 35.9 Å². The average Bonchev–Trinajstić information content (AvgIpc) is 2.61. The number of anilines is 1. The Hall–Kier alpha value is -2.59. The third-order valence-electron chi connectivity index (χ3n) is 3.85. The Morgan fingerprint density at radius 2 is 1.86 bits per heavy atom. The number of benzene rings is 2. The lowest BCUT2D eigenvalue weighted by Gasteiger charge is -2.23. The van der Waals surface area contributed by atoms with Crippen molar-refractivity contribution < 1.29 is 26.4 Å². The number of nitrogens with one attached hydrogen (secondary N) is 1. The third-order valence-corrected chi connectivity index (χ3v) is 5.39. The lowest BCUT2D eigenvalue weighted by molar-refractivity contribution is -0.137. The first kappa shape index (κ1) is 22.7. The van der Waals surface area contributed by atoms with Gasteiger partial charge in [0.25, 0.3) is 5.91 Å². The second-order valence-corrected chi connectivity index (χ2v) is 8.35. The summed E-state index contributed by atoms with van der Waals surface area (Å²) >= 11 is 6.01. The number of halogens is 4. The highest BCUT2D eigenvalue weighted by atomic mass is 35.5. The van der Waals surface area contributed by atoms with Crippen molar-refractivity contribution >= 4 is 39.4 Å². The van der Waals surface area contributed by atoms with Crippen LogP contribution in [0.4, 0.5) is 18.9 Å². The van der Waals surface area contributed by atoms with Gasteiger partial charge in [0.1, 0.15) is 6.54 Å². The number of sulfonamides is 1. The van der Waals surface area contributed by atoms with Crippen LogP contribution in [0.15, 0.2) is 47.6 Å². The number of alkyl halides is 3. The van der Waals surface area contributed by atoms with E-state index in [1.165, 1.54) is 30.3 Å². The predicted octanol–water partition coefficient (Wildman–Crippen LogP) is 3.58. The van der Waals surface area contributed by atoms with Crippen molar-refractivity contribution in [2.45, 2.75) is 13.1 Å². The van der Waals surface area contributed by atoms with Gasteiger partial charge in [-0.05, 0) is 30.7 Å². The quantitative estimate of drug-likeness (QED) is 0.543. The summed E-state index contributed by atoms with van der Waals surface area (Å²) in [5.74, 6) is -0.837. The SMILES string of the molecule is Cc1c(Cl)cccc1N(CC(=O)NN=Cc1ccccc1C(F)(F)F)S(C)(=O)=O. The molecule has 11 heteroatoms. The van der Waals surface area contributed by atoms with E-state index in [0.29, 0.717) is 10.6 Å². The maximum atomic E-state index is 13.0. The molecule has 0 saturated carbocycles. The van der Waals surface area contributed by atoms with Crippen molar-refractivity contribution in [2.24, 2.45) is 5.10 Å². The van der Waals surface area contributed by atoms with Crippen LogP contribution in [0, 0.1) is 6.92 Å². The van der Waals surface area contributed by atoms with E-state index in [1.807, 2.05) is 5.43 Å². The molecule has 0 heterocycles. The summed E-state index contributed by atoms with van der Waals surface area (Å²) in [6.45, 7) is 0.970. The van der Waals surface area contributed by atoms with Gasteiger partial charge in [0.2, 0.25) is 10.0 Å². The molecule has 0 spiro atoms. The van der Waals surface area contributed by atoms with Crippen molar-refractivity contribution in [1.29, 1.82) is 0 Å². The zero-order valence-corrected chi connectivity index (χ0v) is 16.9. The highest BCUT2D eigenvalue weighted by Crippen LogP contribution is 2.31. The highest BCUT2D eigenvalue weighted by Gasteiger charge is 2.32. The van der Waals surface area contributed by atoms with E-state index < -0.39 is 34.2 Å². The molecule has 29 heavy (non-hydrogen) atoms. The zero-order chi connectivity index (χ0) is 21.8. The Morgan fingerprint density at radius 1 is 1.21 bits per heavy atom. The first-order valence-electron chi connectivity index (χ1n) is 8.12. The molecule has 2 aromatic rings. The fraction of sp³-hybridized carbons (Fsp3) is 0.222. The minimum atomic E-state index is -4.58. The minimum Gasteiger partial charge on any atom is -0.271 e. The van der Waals surface area contributed by atoms with Crippen LogP contribution in [0.1, 0.15) is 16.7 Å². The van der Waals surface area contributed by atoms with Crippen LogP contribution < -0.4 is 9.73 Å². The topological polar surface area (TPSA) is 78.8 Å². The maximum Gasteiger partial charge on any atom is 0.417 e. The second kappa shape index (κ2) is 8.83. The molecule has 0 aliphatic heterocycles. The number of amides is 1. The molecular weight excluding hydrogens is 431 g/mol. The van der Waals surface area contributed by atoms with Crippen LogP contribution in [0.2, 0.25) is 5.02 Å². The minimum absolute atomic E-state index is 0.210. The summed E-state index contributed by atoms with van der Waals surface area (Å²) in [6, 6.07) is 9.30. The van der Waals surface area contributed by atoms with E-state index in [4.69, 9.17) is 11.6 Å². The van der Waals surface area contributed by atoms with E-state index in [9.17, 15) is 26.4 Å². The molecule has 0 bridgehead atoms. The largest absolute Gasteiger partial charge is 0.417 e. The van der Waals surface area contributed by atoms with Crippen LogP contribution in [-0.4, -0.2) is 33.3 Å². The number of hydrazone groups is 1. The molecule has 0 aromatic heterocycles. The second-order valence-electron chi connectivity index (χ2n) is 6.03. The van der Waals surface area contributed by atoms with Gasteiger partial charge in [-0.15, -0.1) is 0 Å². The molecule has 1 amide bonds. The first-order chi connectivity index (χ1) is 13.4. The lowest BCUT2D eigenvalue weighted by Crippen LogP contribution is -2.39. The van der Waals surface area contributed by atoms with Gasteiger partial charge in [0.05, 0.1) is 23.7 Å². The maximum absolute atomic E-state index is 13.0. The molecule has 0 saturated heterocycles. The molecule has 0 radical (unpaired) electrons. The Balaban J connectivity index is 2.19. The number of rotatable bonds is 6. The van der Waals surface area contributed by atoms with Crippen LogP contribution in [-0.2, 0) is 21.0 Å². The van der Waals surface area contributed by atoms with Gasteiger partial charge in [-0.2, -0.15) is 18.3 Å². The Kier molecular flexibility index (Phi) is 6.91. The summed E-state index contributed by atoms with van der Waals surface area (Å²) in [4.78, 5) is 12.2. The van der Waals surface area contributed by atoms with Crippen molar-refractivity contribution in [3.63, 3.8) is 0 Å². The van der Waals surface area contributed by atoms with Crippen molar-refractivity contribution in [1.82, 2.24) is 5.43 Å². The summed E-state index contributed by atoms with van der Waals surface area (Å²) < 4.78 is 64.0. The van der Waals surface area contributed by atoms with Gasteiger partial charge in [0, 0.05) is 10.6 Å². The van der Waals surface area contributed by atoms with E-state index in [-0.39, 0.29) is 11.3 Å². The number of hydrogen-bond acceptors (Lipinski definition) is 4. The first-order valence-corrected chi connectivity index (χ1v) is 10.3. The lowest BCUT2D eigenvalue weighted by atomic mass is 10.1. The smallest absolute Gasteiger partial charge is 0.271 e. The van der Waals surface area contributed by atoms with E-state index in [0.717, 1.165) is 22.8 Å². The number of nitrogens with zero attached hydrogens (tertiary/aromatic N) is 2. The molecule has 2 aromatic carbocycles. The van der Waals surface area contributed by atoms with Gasteiger partial charge in [0.15, 0.2) is 0 Å². The summed E-state index contributed by atoms with van der Waals surface area (Å²) in [5, 5.41) is 3.83. The molecule has 0 aliphatic carbocycles. The predicted molar refractivity (Wildman–Crippen MR) is 106 cm³/mol. The highest BCUT2D eigenvalue weighted by molar-refractivity contribution is 7.92. The van der Waals surface area contributed by atoms with E-state index in [2.05, 4.69) is 5.10 Å². The third kappa shape index (κ3) is 5.94. The molecule has 0 unspecified atom stereocenters. The molecule has 2 rings (SSSR count). The van der Waals surface area contributed by atoms with E-state index >= 15 is 0 Å². The molecule has 156 valence electrons. The molecule has 1 N–H and O–H groups in total. The van der Waals surface area contributed by atoms with Crippen LogP contribution in [0.5, 0.6) is 0 Å². The normalized spacial score (nSPS) is 12.2. The molecule has 6 nitrogen and oxygen atoms in total. The Labute approximate surface area is 171 Å². The Bertz CT molecular complexity index is 1040. The van der Waals surface area contributed by atoms with Gasteiger partial charge in [-0.25, -0.2) is 13.8 Å². The van der Waals surface area contributed by atoms with Crippen LogP contribution in [0.3, 0.4) is 0 Å². The fourth-order valence-corrected chi connectivity index (χ4v) is 3.53. The average molecular weight is 448 g/mol. The van der Waals surface area contributed by atoms with Crippen LogP contribution >= 0.6 is 11.6 Å². The van der Waals surface area contributed by atoms with E-state index in [1.54, 1.807) is 13.0 Å². The number of carbonyl (C=O) groups is 1. The zero-order valence-electron chi connectivity index (χ0n) is 15.4. The number of carbonyl (C=O) groups excluding carboxylic acids is 1. The van der Waals surface area contributed by atoms with Gasteiger partial charge < -0.3 is 0 Å². The number of hydrogen-bond donors (Lipinski definition) is 1. The van der Waals surface area contributed by atoms with Gasteiger partial charge >= 0.3 is 6.18 Å². The molecule has 0 fully saturated rings. The molecular formula is C18H17ClF3N3O3S. The van der Waals surface area contributed by atoms with Crippen molar-refractivity contribution in [2.75, 3.05) is 17.1 Å². The van der Waals surface area contributed by atoms with Crippen molar-refractivity contribution in [3.05, 3.63) is 64.2 Å². The standard InChI is InChI=1S/C18H17ClF3N3O3S/c1-12-15(19)8-5-9-16(12)25(29(2,27)28)11-17(26)24-23-10-13-6-3-4-7-14(13)18(20,21)22/h3-10H,11H2,1-2H3,(H,24,26). The summed E-state index contributed by atoms with van der Waals surface area (Å²) in [5.41, 5.74) is 1.55. The fourth-order valence-electron chi connectivity index (χ4n) is 2.45. The van der Waals surface area contributed by atoms with Crippen LogP contribution in [0.25, 0.3) is 0 Å². The molecule has 0 aliphatic rings.